The van der Waals surface area contributed by atoms with Crippen molar-refractivity contribution < 1.29 is 8.57 Å². The summed E-state index contributed by atoms with van der Waals surface area (Å²) in [6.07, 6.45) is 2.33. The lowest BCUT2D eigenvalue weighted by atomic mass is 10.1. The highest BCUT2D eigenvalue weighted by atomic mass is 35.5. The Bertz CT molecular complexity index is 260. The van der Waals surface area contributed by atoms with Crippen LogP contribution < -0.4 is 0 Å². The average molecular weight is 221 g/mol. The molecule has 0 bridgehead atoms. The normalized spacial score (nSPS) is 10.4. The first-order valence-electron chi connectivity index (χ1n) is 3.84. The molecule has 0 radical (unpaired) electrons. The quantitative estimate of drug-likeness (QED) is 0.569. The molecule has 0 amide bonds. The Balaban J connectivity index is 2.64. The van der Waals surface area contributed by atoms with Crippen molar-refractivity contribution in [2.24, 2.45) is 0 Å². The Morgan fingerprint density at radius 1 is 1.54 bits per heavy atom. The smallest absolute Gasteiger partial charge is 0.127 e. The van der Waals surface area contributed by atoms with Crippen molar-refractivity contribution in [3.63, 3.8) is 0 Å². The zero-order valence-corrected chi connectivity index (χ0v) is 8.79. The highest BCUT2D eigenvalue weighted by Crippen LogP contribution is 2.19. The molecule has 1 rings (SSSR count). The topological polar surface area (TPSA) is 9.23 Å². The molecule has 0 aliphatic rings. The number of rotatable bonds is 4. The molecule has 0 aliphatic carbocycles. The molecule has 0 fully saturated rings. The van der Waals surface area contributed by atoms with E-state index in [0.717, 1.165) is 0 Å². The van der Waals surface area contributed by atoms with Gasteiger partial charge in [0.15, 0.2) is 0 Å². The van der Waals surface area contributed by atoms with Gasteiger partial charge >= 0.3 is 0 Å². The van der Waals surface area contributed by atoms with Gasteiger partial charge in [-0.25, -0.2) is 4.39 Å². The maximum atomic E-state index is 13.1. The predicted octanol–water partition coefficient (Wildman–Crippen LogP) is 3.32. The minimum Gasteiger partial charge on any atom is -0.315 e. The summed E-state index contributed by atoms with van der Waals surface area (Å²) >= 11 is 7.07. The van der Waals surface area contributed by atoms with Gasteiger partial charge < -0.3 is 4.18 Å². The van der Waals surface area contributed by atoms with Crippen LogP contribution in [-0.2, 0) is 10.6 Å². The van der Waals surface area contributed by atoms with Crippen LogP contribution in [0.25, 0.3) is 0 Å². The second-order valence-corrected chi connectivity index (χ2v) is 3.42. The van der Waals surface area contributed by atoms with Crippen LogP contribution in [0.5, 0.6) is 0 Å². The second kappa shape index (κ2) is 5.47. The van der Waals surface area contributed by atoms with E-state index in [2.05, 4.69) is 0 Å². The molecule has 1 aromatic rings. The Morgan fingerprint density at radius 3 is 2.92 bits per heavy atom. The van der Waals surface area contributed by atoms with E-state index in [1.807, 2.05) is 6.26 Å². The summed E-state index contributed by atoms with van der Waals surface area (Å²) in [5, 5.41) is 0.463. The molecule has 0 atom stereocenters. The van der Waals surface area contributed by atoms with E-state index in [1.165, 1.54) is 18.1 Å². The van der Waals surface area contributed by atoms with Crippen molar-refractivity contribution in [3.05, 3.63) is 34.6 Å². The van der Waals surface area contributed by atoms with Crippen LogP contribution in [0.3, 0.4) is 0 Å². The predicted molar refractivity (Wildman–Crippen MR) is 54.6 cm³/mol. The summed E-state index contributed by atoms with van der Waals surface area (Å²) in [5.74, 6) is -0.266. The van der Waals surface area contributed by atoms with Gasteiger partial charge in [-0.05, 0) is 24.2 Å². The van der Waals surface area contributed by atoms with Gasteiger partial charge in [0, 0.05) is 23.3 Å². The maximum Gasteiger partial charge on any atom is 0.127 e. The highest BCUT2D eigenvalue weighted by molar-refractivity contribution is 7.93. The van der Waals surface area contributed by atoms with Crippen molar-refractivity contribution in [2.75, 3.05) is 12.9 Å². The van der Waals surface area contributed by atoms with Gasteiger partial charge in [0.05, 0.1) is 6.61 Å². The fraction of sp³-hybridized carbons (Fsp3) is 0.333. The fourth-order valence-electron chi connectivity index (χ4n) is 0.998. The van der Waals surface area contributed by atoms with E-state index < -0.39 is 0 Å². The molecule has 4 heteroatoms. The zero-order chi connectivity index (χ0) is 9.68. The molecule has 72 valence electrons. The minimum absolute atomic E-state index is 0.266. The van der Waals surface area contributed by atoms with Gasteiger partial charge in [0.25, 0.3) is 0 Å². The largest absolute Gasteiger partial charge is 0.315 e. The maximum absolute atomic E-state index is 13.1. The zero-order valence-electron chi connectivity index (χ0n) is 7.22. The van der Waals surface area contributed by atoms with E-state index in [9.17, 15) is 4.39 Å². The average Bonchev–Trinajstić information content (AvgIpc) is 2.10. The first kappa shape index (κ1) is 10.8. The molecule has 0 saturated heterocycles. The summed E-state index contributed by atoms with van der Waals surface area (Å²) in [5.41, 5.74) is 0.526. The number of halogens is 2. The van der Waals surface area contributed by atoms with Gasteiger partial charge in [-0.1, -0.05) is 17.7 Å². The molecule has 0 saturated carbocycles. The first-order valence-corrected chi connectivity index (χ1v) is 5.37. The summed E-state index contributed by atoms with van der Waals surface area (Å²) in [6.45, 7) is 0.474. The number of hydrogen-bond donors (Lipinski definition) is 0. The third-order valence-electron chi connectivity index (χ3n) is 1.61. The Kier molecular flexibility index (Phi) is 4.56. The number of hydrogen-bond acceptors (Lipinski definition) is 2. The van der Waals surface area contributed by atoms with Crippen LogP contribution in [0.4, 0.5) is 4.39 Å². The Morgan fingerprint density at radius 2 is 2.31 bits per heavy atom. The van der Waals surface area contributed by atoms with Crippen molar-refractivity contribution in [1.82, 2.24) is 0 Å². The van der Waals surface area contributed by atoms with E-state index in [1.54, 1.807) is 12.1 Å². The van der Waals surface area contributed by atoms with Crippen molar-refractivity contribution >= 4 is 23.6 Å². The molecule has 0 heterocycles. The highest BCUT2D eigenvalue weighted by Gasteiger charge is 2.05. The van der Waals surface area contributed by atoms with E-state index in [-0.39, 0.29) is 5.82 Å². The monoisotopic (exact) mass is 220 g/mol. The lowest BCUT2D eigenvalue weighted by molar-refractivity contribution is 0.377. The standard InChI is InChI=1S/C9H10ClFOS/c1-13-12-6-5-7-8(10)3-2-4-9(7)11/h2-4H,5-6H2,1H3. The molecular weight excluding hydrogens is 211 g/mol. The van der Waals surface area contributed by atoms with Gasteiger partial charge in [0.1, 0.15) is 5.82 Å². The van der Waals surface area contributed by atoms with Crippen LogP contribution in [0.15, 0.2) is 18.2 Å². The number of benzene rings is 1. The van der Waals surface area contributed by atoms with Crippen molar-refractivity contribution in [2.45, 2.75) is 6.42 Å². The van der Waals surface area contributed by atoms with E-state index in [4.69, 9.17) is 15.8 Å². The Labute approximate surface area is 86.4 Å². The third-order valence-corrected chi connectivity index (χ3v) is 2.37. The SMILES string of the molecule is CSOCCc1c(F)cccc1Cl. The lowest BCUT2D eigenvalue weighted by Crippen LogP contribution is -1.97. The molecule has 0 unspecified atom stereocenters. The summed E-state index contributed by atoms with van der Waals surface area (Å²) in [4.78, 5) is 0. The molecule has 0 aromatic heterocycles. The molecule has 1 nitrogen and oxygen atoms in total. The van der Waals surface area contributed by atoms with Gasteiger partial charge in [0.2, 0.25) is 0 Å². The van der Waals surface area contributed by atoms with Gasteiger partial charge in [-0.3, -0.25) is 0 Å². The summed E-state index contributed by atoms with van der Waals surface area (Å²) in [7, 11) is 0. The molecule has 0 spiro atoms. The van der Waals surface area contributed by atoms with Gasteiger partial charge in [-0.15, -0.1) is 0 Å². The molecule has 0 aliphatic heterocycles. The minimum atomic E-state index is -0.266. The van der Waals surface area contributed by atoms with Gasteiger partial charge in [-0.2, -0.15) is 0 Å². The molecule has 1 aromatic carbocycles. The Hall–Kier alpha value is -0.250. The van der Waals surface area contributed by atoms with Crippen molar-refractivity contribution in [3.8, 4) is 0 Å². The lowest BCUT2D eigenvalue weighted by Gasteiger charge is -2.04. The fourth-order valence-corrected chi connectivity index (χ4v) is 1.51. The first-order chi connectivity index (χ1) is 6.25. The third kappa shape index (κ3) is 3.18. The summed E-state index contributed by atoms with van der Waals surface area (Å²) < 4.78 is 18.2. The molecule has 13 heavy (non-hydrogen) atoms. The van der Waals surface area contributed by atoms with Crippen LogP contribution in [0, 0.1) is 5.82 Å². The van der Waals surface area contributed by atoms with E-state index in [0.29, 0.717) is 23.6 Å². The van der Waals surface area contributed by atoms with Crippen LogP contribution in [0.2, 0.25) is 5.02 Å². The molecule has 0 N–H and O–H groups in total. The van der Waals surface area contributed by atoms with Crippen LogP contribution in [0.1, 0.15) is 5.56 Å². The van der Waals surface area contributed by atoms with Crippen molar-refractivity contribution in [1.29, 1.82) is 0 Å². The van der Waals surface area contributed by atoms with Crippen LogP contribution in [-0.4, -0.2) is 12.9 Å². The van der Waals surface area contributed by atoms with E-state index >= 15 is 0 Å². The molecular formula is C9H10ClFOS. The second-order valence-electron chi connectivity index (χ2n) is 2.44. The summed E-state index contributed by atoms with van der Waals surface area (Å²) in [6, 6.07) is 4.68. The van der Waals surface area contributed by atoms with Crippen LogP contribution >= 0.6 is 23.6 Å².